The molecule has 0 radical (unpaired) electrons. The van der Waals surface area contributed by atoms with Gasteiger partial charge in [0.2, 0.25) is 5.72 Å². The molecule has 2 aliphatic rings. The molecule has 6 nitrogen and oxygen atoms in total. The number of hydrogen-bond acceptors (Lipinski definition) is 5. The first kappa shape index (κ1) is 14.7. The number of hydrogen-bond donors (Lipinski definition) is 0. The van der Waals surface area contributed by atoms with Crippen LogP contribution in [0.5, 0.6) is 5.75 Å². The highest BCUT2D eigenvalue weighted by Gasteiger charge is 2.42. The summed E-state index contributed by atoms with van der Waals surface area (Å²) < 4.78 is 10.3. The van der Waals surface area contributed by atoms with E-state index < -0.39 is 5.72 Å². The highest BCUT2D eigenvalue weighted by molar-refractivity contribution is 7.07. The lowest BCUT2D eigenvalue weighted by atomic mass is 9.93. The Hall–Kier alpha value is -2.67. The molecule has 0 amide bonds. The minimum absolute atomic E-state index is 0.00337. The van der Waals surface area contributed by atoms with Crippen LogP contribution in [0.2, 0.25) is 0 Å². The Bertz CT molecular complexity index is 1170. The number of thiazole rings is 1. The Balaban J connectivity index is 1.77. The summed E-state index contributed by atoms with van der Waals surface area (Å²) >= 11 is 1.41. The molecule has 0 saturated heterocycles. The van der Waals surface area contributed by atoms with E-state index >= 15 is 0 Å². The van der Waals surface area contributed by atoms with E-state index in [9.17, 15) is 4.79 Å². The Labute approximate surface area is 147 Å². The quantitative estimate of drug-likeness (QED) is 0.661. The van der Waals surface area contributed by atoms with Gasteiger partial charge in [-0.15, -0.1) is 0 Å². The first-order valence-electron chi connectivity index (χ1n) is 8.12. The summed E-state index contributed by atoms with van der Waals surface area (Å²) in [6, 6.07) is 7.87. The number of aryl methyl sites for hydroxylation is 1. The highest BCUT2D eigenvalue weighted by Crippen LogP contribution is 2.42. The van der Waals surface area contributed by atoms with Gasteiger partial charge in [0, 0.05) is 30.8 Å². The van der Waals surface area contributed by atoms with Crippen molar-refractivity contribution < 1.29 is 4.74 Å². The highest BCUT2D eigenvalue weighted by atomic mass is 32.1. The van der Waals surface area contributed by atoms with E-state index in [-0.39, 0.29) is 11.6 Å². The number of benzene rings is 1. The molecule has 0 aliphatic carbocycles. The lowest BCUT2D eigenvalue weighted by Gasteiger charge is -2.39. The topological polar surface area (TPSA) is 61.4 Å². The fraction of sp³-hybridized carbons (Fsp3) is 0.278. The molecule has 2 bridgehead atoms. The number of para-hydroxylation sites is 1. The molecule has 0 saturated carbocycles. The normalized spacial score (nSPS) is 24.2. The van der Waals surface area contributed by atoms with E-state index in [2.05, 4.69) is 5.10 Å². The summed E-state index contributed by atoms with van der Waals surface area (Å²) in [6.07, 6.45) is 6.18. The van der Waals surface area contributed by atoms with E-state index in [1.54, 1.807) is 10.9 Å². The van der Waals surface area contributed by atoms with Crippen molar-refractivity contribution in [2.45, 2.75) is 25.1 Å². The molecule has 2 aliphatic heterocycles. The molecule has 25 heavy (non-hydrogen) atoms. The molecule has 2 atom stereocenters. The van der Waals surface area contributed by atoms with Crippen molar-refractivity contribution >= 4 is 17.4 Å². The molecule has 4 heterocycles. The molecule has 0 unspecified atom stereocenters. The molecule has 0 spiro atoms. The van der Waals surface area contributed by atoms with Gasteiger partial charge in [-0.05, 0) is 19.1 Å². The van der Waals surface area contributed by atoms with Crippen LogP contribution < -0.4 is 19.6 Å². The molecule has 7 heteroatoms. The van der Waals surface area contributed by atoms with Crippen molar-refractivity contribution in [3.05, 3.63) is 67.5 Å². The number of ether oxygens (including phenoxy) is 1. The number of nitrogens with zero attached hydrogens (tertiary/aromatic N) is 4. The van der Waals surface area contributed by atoms with E-state index in [0.29, 0.717) is 15.8 Å². The van der Waals surface area contributed by atoms with Crippen molar-refractivity contribution in [3.63, 3.8) is 0 Å². The second-order valence-electron chi connectivity index (χ2n) is 6.66. The van der Waals surface area contributed by atoms with Crippen LogP contribution in [-0.2, 0) is 7.05 Å². The van der Waals surface area contributed by atoms with E-state index in [4.69, 9.17) is 9.73 Å². The van der Waals surface area contributed by atoms with Gasteiger partial charge in [0.05, 0.1) is 16.8 Å². The minimum atomic E-state index is -0.623. The molecule has 0 N–H and O–H groups in total. The fourth-order valence-corrected chi connectivity index (χ4v) is 4.73. The average molecular weight is 352 g/mol. The Morgan fingerprint density at radius 1 is 1.40 bits per heavy atom. The number of rotatable bonds is 1. The number of fused-ring (bicyclic) bond motifs is 6. The van der Waals surface area contributed by atoms with Gasteiger partial charge in [-0.25, -0.2) is 4.99 Å². The molecule has 126 valence electrons. The standard InChI is InChI=1S/C18H16N4O2S/c1-18-8-13(12-5-3-4-6-14(12)24-18)22-16(23)15(25-17(22)20-18)7-11-9-19-21(2)10-11/h3-7,9-10,13H,8H2,1-2H3/b15-7-/t13-,18+/m0/s1. The van der Waals surface area contributed by atoms with Crippen molar-refractivity contribution in [3.8, 4) is 5.75 Å². The van der Waals surface area contributed by atoms with E-state index in [1.807, 2.05) is 55.1 Å². The third-order valence-electron chi connectivity index (χ3n) is 4.68. The molecule has 5 rings (SSSR count). The lowest BCUT2D eigenvalue weighted by Crippen LogP contribution is -2.49. The molecule has 1 aromatic carbocycles. The van der Waals surface area contributed by atoms with Gasteiger partial charge in [0.15, 0.2) is 4.80 Å². The largest absolute Gasteiger partial charge is 0.466 e. The van der Waals surface area contributed by atoms with Gasteiger partial charge in [-0.1, -0.05) is 29.5 Å². The SMILES string of the molecule is Cn1cc(/C=c2\sc3n(c2=O)[C@H]2C[C@](C)(N=3)Oc3ccccc32)cn1. The average Bonchev–Trinajstić information content (AvgIpc) is 3.10. The molecule has 0 fully saturated rings. The maximum atomic E-state index is 13.1. The molecular weight excluding hydrogens is 336 g/mol. The summed E-state index contributed by atoms with van der Waals surface area (Å²) in [4.78, 5) is 18.5. The summed E-state index contributed by atoms with van der Waals surface area (Å²) in [5.74, 6) is 0.812. The lowest BCUT2D eigenvalue weighted by molar-refractivity contribution is 0.0410. The zero-order valence-electron chi connectivity index (χ0n) is 13.8. The third-order valence-corrected chi connectivity index (χ3v) is 5.67. The van der Waals surface area contributed by atoms with Crippen LogP contribution in [0.3, 0.4) is 0 Å². The van der Waals surface area contributed by atoms with Gasteiger partial charge >= 0.3 is 0 Å². The fourth-order valence-electron chi connectivity index (χ4n) is 3.60. The molecule has 3 aromatic rings. The predicted molar refractivity (Wildman–Crippen MR) is 94.4 cm³/mol. The molecule has 2 aromatic heterocycles. The van der Waals surface area contributed by atoms with Crippen molar-refractivity contribution in [1.82, 2.24) is 14.3 Å². The first-order chi connectivity index (χ1) is 12.0. The van der Waals surface area contributed by atoms with E-state index in [1.165, 1.54) is 11.3 Å². The Morgan fingerprint density at radius 2 is 2.24 bits per heavy atom. The summed E-state index contributed by atoms with van der Waals surface area (Å²) in [7, 11) is 1.86. The van der Waals surface area contributed by atoms with Crippen LogP contribution in [0.1, 0.15) is 30.5 Å². The zero-order valence-corrected chi connectivity index (χ0v) is 14.7. The van der Waals surface area contributed by atoms with Gasteiger partial charge in [-0.3, -0.25) is 14.0 Å². The van der Waals surface area contributed by atoms with Gasteiger partial charge in [0.1, 0.15) is 5.75 Å². The first-order valence-corrected chi connectivity index (χ1v) is 8.94. The van der Waals surface area contributed by atoms with E-state index in [0.717, 1.165) is 16.9 Å². The zero-order chi connectivity index (χ0) is 17.2. The summed E-state index contributed by atoms with van der Waals surface area (Å²) in [5.41, 5.74) is 1.33. The van der Waals surface area contributed by atoms with Crippen LogP contribution in [0.4, 0.5) is 0 Å². The van der Waals surface area contributed by atoms with Crippen LogP contribution in [-0.4, -0.2) is 20.1 Å². The molecular formula is C18H16N4O2S. The van der Waals surface area contributed by atoms with Crippen LogP contribution in [0.25, 0.3) is 6.08 Å². The third kappa shape index (κ3) is 2.19. The van der Waals surface area contributed by atoms with Crippen molar-refractivity contribution in [2.75, 3.05) is 0 Å². The minimum Gasteiger partial charge on any atom is -0.466 e. The van der Waals surface area contributed by atoms with Gasteiger partial charge in [0.25, 0.3) is 5.56 Å². The predicted octanol–water partition coefficient (Wildman–Crippen LogP) is 1.19. The Morgan fingerprint density at radius 3 is 3.04 bits per heavy atom. The van der Waals surface area contributed by atoms with Crippen molar-refractivity contribution in [2.24, 2.45) is 12.0 Å². The number of aromatic nitrogens is 3. The second-order valence-corrected chi connectivity index (χ2v) is 7.67. The monoisotopic (exact) mass is 352 g/mol. The van der Waals surface area contributed by atoms with Crippen molar-refractivity contribution in [1.29, 1.82) is 0 Å². The maximum absolute atomic E-state index is 13.1. The van der Waals surface area contributed by atoms with Crippen LogP contribution in [0.15, 0.2) is 46.4 Å². The smallest absolute Gasteiger partial charge is 0.270 e. The van der Waals surface area contributed by atoms with Gasteiger partial charge in [-0.2, -0.15) is 5.10 Å². The second kappa shape index (κ2) is 4.92. The summed E-state index contributed by atoms with van der Waals surface area (Å²) in [6.45, 7) is 1.98. The maximum Gasteiger partial charge on any atom is 0.270 e. The van der Waals surface area contributed by atoms with Crippen LogP contribution in [0, 0.1) is 0 Å². The summed E-state index contributed by atoms with van der Waals surface area (Å²) in [5, 5.41) is 4.16. The van der Waals surface area contributed by atoms with Gasteiger partial charge < -0.3 is 4.74 Å². The Kier molecular flexibility index (Phi) is 2.88. The van der Waals surface area contributed by atoms with Crippen LogP contribution >= 0.6 is 11.3 Å².